The molecule has 2 aromatic rings. The Hall–Kier alpha value is -2.60. The van der Waals surface area contributed by atoms with E-state index >= 15 is 0 Å². The number of aryl methyl sites for hydroxylation is 1. The van der Waals surface area contributed by atoms with Gasteiger partial charge in [-0.25, -0.2) is 4.79 Å². The lowest BCUT2D eigenvalue weighted by molar-refractivity contribution is -0.155. The Kier molecular flexibility index (Phi) is 3.02. The van der Waals surface area contributed by atoms with Crippen LogP contribution >= 0.6 is 11.6 Å². The Balaban J connectivity index is 1.67. The topological polar surface area (TPSA) is 78.1 Å². The van der Waals surface area contributed by atoms with Crippen molar-refractivity contribution in [1.82, 2.24) is 0 Å². The highest BCUT2D eigenvalue weighted by molar-refractivity contribution is 6.31. The van der Waals surface area contributed by atoms with Gasteiger partial charge in [-0.3, -0.25) is 4.79 Å². The monoisotopic (exact) mass is 331 g/mol. The number of ether oxygens (including phenoxy) is 1. The molecule has 2 atom stereocenters. The maximum Gasteiger partial charge on any atom is 0.359 e. The van der Waals surface area contributed by atoms with Crippen molar-refractivity contribution in [3.63, 3.8) is 0 Å². The zero-order chi connectivity index (χ0) is 16.1. The summed E-state index contributed by atoms with van der Waals surface area (Å²) < 4.78 is 10.3. The summed E-state index contributed by atoms with van der Waals surface area (Å²) in [5, 5.41) is 4.44. The number of nitrogens with zero attached hydrogens (tertiary/aromatic N) is 1. The highest BCUT2D eigenvalue weighted by Crippen LogP contribution is 2.33. The number of hydrogen-bond acceptors (Lipinski definition) is 6. The molecule has 0 bridgehead atoms. The van der Waals surface area contributed by atoms with E-state index < -0.39 is 24.0 Å². The van der Waals surface area contributed by atoms with E-state index in [1.165, 1.54) is 0 Å². The smallest absolute Gasteiger partial charge is 0.359 e. The van der Waals surface area contributed by atoms with Crippen molar-refractivity contribution in [2.75, 3.05) is 0 Å². The lowest BCUT2D eigenvalue weighted by atomic mass is 9.98. The van der Waals surface area contributed by atoms with E-state index in [0.717, 1.165) is 11.1 Å². The Morgan fingerprint density at radius 1 is 1.09 bits per heavy atom. The summed E-state index contributed by atoms with van der Waals surface area (Å²) in [5.74, 6) is -1.34. The van der Waals surface area contributed by atoms with E-state index in [-0.39, 0.29) is 5.71 Å². The van der Waals surface area contributed by atoms with Crippen molar-refractivity contribution in [3.05, 3.63) is 46.7 Å². The predicted molar refractivity (Wildman–Crippen MR) is 79.9 cm³/mol. The second-order valence-corrected chi connectivity index (χ2v) is 5.76. The highest BCUT2D eigenvalue weighted by Gasteiger charge is 2.54. The van der Waals surface area contributed by atoms with Crippen LogP contribution in [0.25, 0.3) is 11.3 Å². The molecule has 2 aliphatic heterocycles. The molecule has 0 amide bonds. The molecule has 1 aromatic heterocycles. The average molecular weight is 332 g/mol. The zero-order valence-corrected chi connectivity index (χ0v) is 12.7. The van der Waals surface area contributed by atoms with E-state index in [0.29, 0.717) is 16.5 Å². The molecule has 3 heterocycles. The number of oxime groups is 1. The molecule has 0 radical (unpaired) electrons. The molecule has 1 aromatic carbocycles. The van der Waals surface area contributed by atoms with E-state index in [1.807, 2.05) is 19.1 Å². The van der Waals surface area contributed by atoms with Crippen LogP contribution < -0.4 is 0 Å². The van der Waals surface area contributed by atoms with Crippen LogP contribution in [0.3, 0.4) is 0 Å². The van der Waals surface area contributed by atoms with Crippen LogP contribution in [0, 0.1) is 12.8 Å². The molecule has 0 spiro atoms. The lowest BCUT2D eigenvalue weighted by Crippen LogP contribution is -2.26. The van der Waals surface area contributed by atoms with Gasteiger partial charge in [-0.2, -0.15) is 0 Å². The fourth-order valence-electron chi connectivity index (χ4n) is 2.58. The van der Waals surface area contributed by atoms with Crippen molar-refractivity contribution in [3.8, 4) is 11.3 Å². The average Bonchev–Trinajstić information content (AvgIpc) is 3.20. The van der Waals surface area contributed by atoms with Crippen LogP contribution in [0.15, 0.2) is 39.9 Å². The van der Waals surface area contributed by atoms with Crippen molar-refractivity contribution in [2.45, 2.75) is 13.0 Å². The number of hydrogen-bond donors (Lipinski definition) is 0. The predicted octanol–water partition coefficient (Wildman–Crippen LogP) is 2.71. The number of esters is 2. The van der Waals surface area contributed by atoms with Gasteiger partial charge in [0.1, 0.15) is 11.5 Å². The summed E-state index contributed by atoms with van der Waals surface area (Å²) in [6, 6.07) is 8.98. The van der Waals surface area contributed by atoms with Gasteiger partial charge in [-0.15, -0.1) is 0 Å². The summed E-state index contributed by atoms with van der Waals surface area (Å²) in [5.41, 5.74) is 2.02. The first kappa shape index (κ1) is 14.0. The summed E-state index contributed by atoms with van der Waals surface area (Å²) in [6.45, 7) is 1.91. The van der Waals surface area contributed by atoms with Crippen LogP contribution in [-0.4, -0.2) is 23.8 Å². The number of furan rings is 1. The third kappa shape index (κ3) is 2.14. The quantitative estimate of drug-likeness (QED) is 0.624. The molecule has 0 saturated carbocycles. The van der Waals surface area contributed by atoms with Crippen LogP contribution in [-0.2, 0) is 19.2 Å². The number of carbonyl (C=O) groups excluding carboxylic acids is 2. The second-order valence-electron chi connectivity index (χ2n) is 5.35. The number of cyclic esters (lactones) is 2. The number of carbonyl (C=O) groups is 2. The maximum atomic E-state index is 11.7. The first-order valence-corrected chi connectivity index (χ1v) is 7.28. The first-order valence-electron chi connectivity index (χ1n) is 6.90. The maximum absolute atomic E-state index is 11.7. The zero-order valence-electron chi connectivity index (χ0n) is 11.9. The minimum absolute atomic E-state index is 0.260. The van der Waals surface area contributed by atoms with E-state index in [1.54, 1.807) is 18.2 Å². The number of rotatable bonds is 2. The van der Waals surface area contributed by atoms with Gasteiger partial charge in [0, 0.05) is 10.6 Å². The molecule has 7 heteroatoms. The summed E-state index contributed by atoms with van der Waals surface area (Å²) >= 11 is 6.12. The van der Waals surface area contributed by atoms with Crippen molar-refractivity contribution < 1.29 is 23.6 Å². The van der Waals surface area contributed by atoms with Gasteiger partial charge in [0.25, 0.3) is 0 Å². The molecule has 4 rings (SSSR count). The van der Waals surface area contributed by atoms with E-state index in [4.69, 9.17) is 20.9 Å². The lowest BCUT2D eigenvalue weighted by Gasteiger charge is -2.02. The fraction of sp³-hybridized carbons (Fsp3) is 0.188. The van der Waals surface area contributed by atoms with Crippen molar-refractivity contribution >= 4 is 29.3 Å². The molecule has 0 aliphatic carbocycles. The van der Waals surface area contributed by atoms with Gasteiger partial charge >= 0.3 is 11.9 Å². The van der Waals surface area contributed by atoms with Gasteiger partial charge in [0.15, 0.2) is 11.7 Å². The van der Waals surface area contributed by atoms with E-state index in [2.05, 4.69) is 9.89 Å². The van der Waals surface area contributed by atoms with Crippen LogP contribution in [0.4, 0.5) is 0 Å². The normalized spacial score (nSPS) is 22.6. The standard InChI is InChI=1S/C16H10ClNO5/c1-7-2-3-8(6-9(7)17)10-4-5-11(21-10)13-12-14(23-18-13)16(20)22-15(12)19/h2-6,12,14H,1H3/t12-,14+/m1/s1. The molecule has 0 unspecified atom stereocenters. The molecule has 0 N–H and O–H groups in total. The first-order chi connectivity index (χ1) is 11.0. The number of fused-ring (bicyclic) bond motifs is 1. The Morgan fingerprint density at radius 2 is 1.87 bits per heavy atom. The highest BCUT2D eigenvalue weighted by atomic mass is 35.5. The minimum atomic E-state index is -1.01. The molecule has 2 aliphatic rings. The molecule has 116 valence electrons. The fourth-order valence-corrected chi connectivity index (χ4v) is 2.77. The third-order valence-electron chi connectivity index (χ3n) is 3.86. The molecule has 1 saturated heterocycles. The SMILES string of the molecule is Cc1ccc(-c2ccc(C3=NO[C@@H]4C(=O)OC(=O)[C@H]34)o2)cc1Cl. The number of benzene rings is 1. The molecular formula is C16H10ClNO5. The Bertz CT molecular complexity index is 869. The minimum Gasteiger partial charge on any atom is -0.455 e. The Morgan fingerprint density at radius 3 is 2.65 bits per heavy atom. The van der Waals surface area contributed by atoms with Crippen LogP contribution in [0.2, 0.25) is 5.02 Å². The van der Waals surface area contributed by atoms with Gasteiger partial charge in [-0.05, 0) is 30.7 Å². The molecule has 1 fully saturated rings. The molecule has 6 nitrogen and oxygen atoms in total. The largest absolute Gasteiger partial charge is 0.455 e. The summed E-state index contributed by atoms with van der Waals surface area (Å²) in [7, 11) is 0. The van der Waals surface area contributed by atoms with Gasteiger partial charge < -0.3 is 14.0 Å². The van der Waals surface area contributed by atoms with Crippen molar-refractivity contribution in [1.29, 1.82) is 0 Å². The van der Waals surface area contributed by atoms with Crippen LogP contribution in [0.5, 0.6) is 0 Å². The molecular weight excluding hydrogens is 322 g/mol. The third-order valence-corrected chi connectivity index (χ3v) is 4.27. The van der Waals surface area contributed by atoms with Gasteiger partial charge in [0.05, 0.1) is 0 Å². The summed E-state index contributed by atoms with van der Waals surface area (Å²) in [4.78, 5) is 28.2. The van der Waals surface area contributed by atoms with Gasteiger partial charge in [0.2, 0.25) is 6.10 Å². The Labute approximate surface area is 135 Å². The number of halogens is 1. The second kappa shape index (κ2) is 4.96. The van der Waals surface area contributed by atoms with Crippen molar-refractivity contribution in [2.24, 2.45) is 11.1 Å². The van der Waals surface area contributed by atoms with Gasteiger partial charge in [-0.1, -0.05) is 28.9 Å². The van der Waals surface area contributed by atoms with Crippen LogP contribution in [0.1, 0.15) is 11.3 Å². The van der Waals surface area contributed by atoms with E-state index in [9.17, 15) is 9.59 Å². The summed E-state index contributed by atoms with van der Waals surface area (Å²) in [6.07, 6.45) is -1.01. The molecule has 23 heavy (non-hydrogen) atoms.